The van der Waals surface area contributed by atoms with Gasteiger partial charge in [-0.15, -0.1) is 0 Å². The van der Waals surface area contributed by atoms with Crippen molar-refractivity contribution in [1.82, 2.24) is 0 Å². The van der Waals surface area contributed by atoms with E-state index < -0.39 is 11.8 Å². The fraction of sp³-hybridized carbons (Fsp3) is 0.0588. The van der Waals surface area contributed by atoms with Gasteiger partial charge < -0.3 is 4.74 Å². The highest BCUT2D eigenvalue weighted by Crippen LogP contribution is 2.24. The molecule has 2 aromatic rings. The predicted octanol–water partition coefficient (Wildman–Crippen LogP) is 2.83. The second kappa shape index (κ2) is 5.25. The molecule has 2 amide bonds. The smallest absolute Gasteiger partial charge is 0.301 e. The van der Waals surface area contributed by atoms with Gasteiger partial charge in [0.2, 0.25) is 0 Å². The highest BCUT2D eigenvalue weighted by atomic mass is 16.5. The summed E-state index contributed by atoms with van der Waals surface area (Å²) < 4.78 is 5.51. The molecule has 4 heteroatoms. The van der Waals surface area contributed by atoms with E-state index in [0.717, 1.165) is 10.5 Å². The van der Waals surface area contributed by atoms with E-state index in [1.807, 2.05) is 25.1 Å². The van der Waals surface area contributed by atoms with Crippen molar-refractivity contribution in [2.45, 2.75) is 6.92 Å². The molecule has 0 atom stereocenters. The average Bonchev–Trinajstić information content (AvgIpc) is 2.77. The summed E-state index contributed by atoms with van der Waals surface area (Å²) in [5.41, 5.74) is 1.63. The van der Waals surface area contributed by atoms with Crippen molar-refractivity contribution in [2.24, 2.45) is 0 Å². The third-order valence-electron chi connectivity index (χ3n) is 3.15. The number of aryl methyl sites for hydroxylation is 1. The Labute approximate surface area is 122 Å². The number of amides is 2. The van der Waals surface area contributed by atoms with Crippen molar-refractivity contribution < 1.29 is 14.3 Å². The van der Waals surface area contributed by atoms with E-state index in [2.05, 4.69) is 0 Å². The molecule has 0 N–H and O–H groups in total. The Bertz CT molecular complexity index is 717. The Hall–Kier alpha value is -2.88. The molecule has 2 aromatic carbocycles. The molecule has 3 rings (SSSR count). The fourth-order valence-corrected chi connectivity index (χ4v) is 2.08. The Kier molecular flexibility index (Phi) is 3.28. The Balaban J connectivity index is 1.83. The zero-order valence-corrected chi connectivity index (χ0v) is 11.4. The van der Waals surface area contributed by atoms with Crippen molar-refractivity contribution in [1.29, 1.82) is 0 Å². The van der Waals surface area contributed by atoms with E-state index >= 15 is 0 Å². The van der Waals surface area contributed by atoms with Crippen LogP contribution in [0.1, 0.15) is 5.56 Å². The van der Waals surface area contributed by atoms with Crippen molar-refractivity contribution in [3.63, 3.8) is 0 Å². The third kappa shape index (κ3) is 2.56. The van der Waals surface area contributed by atoms with Crippen LogP contribution >= 0.6 is 0 Å². The predicted molar refractivity (Wildman–Crippen MR) is 78.8 cm³/mol. The molecule has 1 heterocycles. The number of para-hydroxylation sites is 1. The fourth-order valence-electron chi connectivity index (χ4n) is 2.08. The molecule has 4 nitrogen and oxygen atoms in total. The van der Waals surface area contributed by atoms with E-state index in [-0.39, 0.29) is 5.76 Å². The topological polar surface area (TPSA) is 46.6 Å². The summed E-state index contributed by atoms with van der Waals surface area (Å²) >= 11 is 0. The lowest BCUT2D eigenvalue weighted by atomic mass is 10.2. The van der Waals surface area contributed by atoms with Crippen molar-refractivity contribution in [3.8, 4) is 5.75 Å². The summed E-state index contributed by atoms with van der Waals surface area (Å²) in [5.74, 6) is -0.282. The largest absolute Gasteiger partial charge is 0.451 e. The highest BCUT2D eigenvalue weighted by molar-refractivity contribution is 6.29. The lowest BCUT2D eigenvalue weighted by Gasteiger charge is -2.14. The number of nitrogens with zero attached hydrogens (tertiary/aromatic N) is 1. The second-order valence-corrected chi connectivity index (χ2v) is 4.74. The Morgan fingerprint density at radius 1 is 0.905 bits per heavy atom. The van der Waals surface area contributed by atoms with Gasteiger partial charge in [0.15, 0.2) is 5.76 Å². The van der Waals surface area contributed by atoms with Crippen LogP contribution in [-0.2, 0) is 9.59 Å². The summed E-state index contributed by atoms with van der Waals surface area (Å²) in [4.78, 5) is 25.4. The van der Waals surface area contributed by atoms with Gasteiger partial charge in [-0.2, -0.15) is 0 Å². The number of hydrogen-bond acceptors (Lipinski definition) is 3. The quantitative estimate of drug-likeness (QED) is 0.812. The maximum atomic E-state index is 12.3. The molecule has 0 saturated carbocycles. The van der Waals surface area contributed by atoms with Crippen molar-refractivity contribution >= 4 is 17.5 Å². The first-order chi connectivity index (χ1) is 10.1. The molecule has 0 bridgehead atoms. The van der Waals surface area contributed by atoms with E-state index in [1.54, 1.807) is 36.4 Å². The molecule has 0 aromatic heterocycles. The molecule has 21 heavy (non-hydrogen) atoms. The van der Waals surface area contributed by atoms with E-state index in [9.17, 15) is 9.59 Å². The zero-order chi connectivity index (χ0) is 14.8. The number of ether oxygens (including phenoxy) is 1. The maximum Gasteiger partial charge on any atom is 0.301 e. The van der Waals surface area contributed by atoms with Gasteiger partial charge in [0, 0.05) is 0 Å². The first-order valence-electron chi connectivity index (χ1n) is 6.55. The van der Waals surface area contributed by atoms with Crippen LogP contribution in [-0.4, -0.2) is 11.8 Å². The number of imide groups is 1. The minimum Gasteiger partial charge on any atom is -0.451 e. The summed E-state index contributed by atoms with van der Waals surface area (Å²) in [6, 6.07) is 16.1. The molecular weight excluding hydrogens is 266 g/mol. The van der Waals surface area contributed by atoms with Gasteiger partial charge in [0.25, 0.3) is 5.91 Å². The molecule has 1 aliphatic rings. The van der Waals surface area contributed by atoms with Crippen LogP contribution in [0.15, 0.2) is 66.4 Å². The lowest BCUT2D eigenvalue weighted by molar-refractivity contribution is -0.121. The number of carbonyl (C=O) groups excluding carboxylic acids is 2. The standard InChI is InChI=1S/C17H13NO3/c1-12-7-9-14(10-8-12)21-15-11-16(19)18(17(15)20)13-5-3-2-4-6-13/h2-11H,1H3. The zero-order valence-electron chi connectivity index (χ0n) is 11.4. The Morgan fingerprint density at radius 2 is 1.57 bits per heavy atom. The molecule has 0 unspecified atom stereocenters. The second-order valence-electron chi connectivity index (χ2n) is 4.74. The van der Waals surface area contributed by atoms with E-state index in [4.69, 9.17) is 4.74 Å². The Morgan fingerprint density at radius 3 is 2.24 bits per heavy atom. The minimum atomic E-state index is -0.452. The number of anilines is 1. The molecule has 0 radical (unpaired) electrons. The van der Waals surface area contributed by atoms with Crippen LogP contribution in [0.4, 0.5) is 5.69 Å². The van der Waals surface area contributed by atoms with Gasteiger partial charge >= 0.3 is 5.91 Å². The lowest BCUT2D eigenvalue weighted by Crippen LogP contribution is -2.31. The summed E-state index contributed by atoms with van der Waals surface area (Å²) in [6.45, 7) is 1.96. The van der Waals surface area contributed by atoms with Crippen LogP contribution in [0.3, 0.4) is 0 Å². The average molecular weight is 279 g/mol. The third-order valence-corrected chi connectivity index (χ3v) is 3.15. The monoisotopic (exact) mass is 279 g/mol. The molecule has 0 aliphatic carbocycles. The molecule has 0 saturated heterocycles. The van der Waals surface area contributed by atoms with E-state index in [0.29, 0.717) is 11.4 Å². The maximum absolute atomic E-state index is 12.3. The number of rotatable bonds is 3. The summed E-state index contributed by atoms with van der Waals surface area (Å²) in [7, 11) is 0. The van der Waals surface area contributed by atoms with Gasteiger partial charge in [-0.3, -0.25) is 9.59 Å². The minimum absolute atomic E-state index is 0.0349. The van der Waals surface area contributed by atoms with Crippen LogP contribution in [0.5, 0.6) is 5.75 Å². The van der Waals surface area contributed by atoms with Gasteiger partial charge in [-0.1, -0.05) is 35.9 Å². The summed E-state index contributed by atoms with van der Waals surface area (Å²) in [5, 5.41) is 0. The van der Waals surface area contributed by atoms with Crippen LogP contribution in [0.25, 0.3) is 0 Å². The van der Waals surface area contributed by atoms with E-state index in [1.165, 1.54) is 6.08 Å². The molecule has 104 valence electrons. The SMILES string of the molecule is Cc1ccc(OC2=CC(=O)N(c3ccccc3)C2=O)cc1. The van der Waals surface area contributed by atoms with Gasteiger partial charge in [-0.25, -0.2) is 4.90 Å². The molecular formula is C17H13NO3. The van der Waals surface area contributed by atoms with Gasteiger partial charge in [0.05, 0.1) is 11.8 Å². The number of hydrogen-bond donors (Lipinski definition) is 0. The van der Waals surface area contributed by atoms with Crippen molar-refractivity contribution in [2.75, 3.05) is 4.90 Å². The van der Waals surface area contributed by atoms with Crippen LogP contribution in [0.2, 0.25) is 0 Å². The van der Waals surface area contributed by atoms with Gasteiger partial charge in [0.1, 0.15) is 5.75 Å². The normalized spacial score (nSPS) is 14.3. The number of benzene rings is 2. The molecule has 0 fully saturated rings. The highest BCUT2D eigenvalue weighted by Gasteiger charge is 2.34. The van der Waals surface area contributed by atoms with Gasteiger partial charge in [-0.05, 0) is 31.2 Å². The van der Waals surface area contributed by atoms with Crippen LogP contribution in [0, 0.1) is 6.92 Å². The molecule has 1 aliphatic heterocycles. The number of carbonyl (C=O) groups is 2. The van der Waals surface area contributed by atoms with Crippen molar-refractivity contribution in [3.05, 3.63) is 72.0 Å². The van der Waals surface area contributed by atoms with Crippen LogP contribution < -0.4 is 9.64 Å². The molecule has 0 spiro atoms. The first-order valence-corrected chi connectivity index (χ1v) is 6.55. The first kappa shape index (κ1) is 13.1. The summed E-state index contributed by atoms with van der Waals surface area (Å²) in [6.07, 6.45) is 1.22.